The molecule has 6 amide bonds. The van der Waals surface area contributed by atoms with Crippen molar-refractivity contribution in [3.8, 4) is 11.5 Å². The van der Waals surface area contributed by atoms with Gasteiger partial charge in [0.15, 0.2) is 5.96 Å². The molecule has 0 bridgehead atoms. The number of rotatable bonds is 34. The molecular formula is C59H82N14O15. The molecule has 0 spiro atoms. The van der Waals surface area contributed by atoms with Gasteiger partial charge in [-0.15, -0.1) is 0 Å². The summed E-state index contributed by atoms with van der Waals surface area (Å²) >= 11 is 0. The van der Waals surface area contributed by atoms with Gasteiger partial charge in [0.1, 0.15) is 28.9 Å². The number of unbranched alkanes of at least 4 members (excludes halogenated alkanes) is 1. The van der Waals surface area contributed by atoms with Crippen molar-refractivity contribution in [2.75, 3.05) is 135 Å². The minimum absolute atomic E-state index is 0.0641. The van der Waals surface area contributed by atoms with Crippen LogP contribution in [0, 0.1) is 0 Å². The molecule has 478 valence electrons. The van der Waals surface area contributed by atoms with Gasteiger partial charge in [0.05, 0.1) is 38.7 Å². The van der Waals surface area contributed by atoms with Crippen LogP contribution in [0.1, 0.15) is 61.6 Å². The van der Waals surface area contributed by atoms with Gasteiger partial charge in [-0.25, -0.2) is 4.79 Å². The first kappa shape index (κ1) is 69.6. The van der Waals surface area contributed by atoms with Crippen molar-refractivity contribution in [3.63, 3.8) is 0 Å². The number of hydrogen-bond acceptors (Lipinski definition) is 19. The number of anilines is 2. The molecule has 0 aliphatic carbocycles. The lowest BCUT2D eigenvalue weighted by Crippen LogP contribution is -2.50. The lowest BCUT2D eigenvalue weighted by atomic mass is 9.90. The molecule has 4 aromatic carbocycles. The predicted molar refractivity (Wildman–Crippen MR) is 327 cm³/mol. The van der Waals surface area contributed by atoms with Gasteiger partial charge in [0.2, 0.25) is 23.6 Å². The second-order valence-electron chi connectivity index (χ2n) is 20.8. The van der Waals surface area contributed by atoms with Crippen LogP contribution >= 0.6 is 0 Å². The van der Waals surface area contributed by atoms with Gasteiger partial charge >= 0.3 is 23.9 Å². The summed E-state index contributed by atoms with van der Waals surface area (Å²) in [7, 11) is 0. The number of hydrogen-bond donors (Lipinski definition) is 13. The van der Waals surface area contributed by atoms with Crippen LogP contribution in [0.15, 0.2) is 93.4 Å². The Labute approximate surface area is 509 Å². The number of aliphatic carboxylic acids is 3. The summed E-state index contributed by atoms with van der Waals surface area (Å²) in [4.78, 5) is 136. The van der Waals surface area contributed by atoms with E-state index < -0.39 is 58.6 Å². The number of phenols is 1. The molecule has 1 saturated heterocycles. The van der Waals surface area contributed by atoms with Crippen molar-refractivity contribution in [2.45, 2.75) is 57.5 Å². The molecule has 5 rings (SSSR count). The number of phenolic OH excluding ortho intramolecular Hbond substituents is 1. The van der Waals surface area contributed by atoms with Crippen LogP contribution in [-0.4, -0.2) is 224 Å². The van der Waals surface area contributed by atoms with Crippen molar-refractivity contribution in [1.29, 1.82) is 0 Å². The van der Waals surface area contributed by atoms with Crippen molar-refractivity contribution in [3.05, 3.63) is 116 Å². The highest BCUT2D eigenvalue weighted by atomic mass is 16.5. The largest absolute Gasteiger partial charge is 0.508 e. The van der Waals surface area contributed by atoms with E-state index in [0.29, 0.717) is 48.2 Å². The Hall–Kier alpha value is -9.19. The van der Waals surface area contributed by atoms with Gasteiger partial charge in [-0.1, -0.05) is 61.5 Å². The summed E-state index contributed by atoms with van der Waals surface area (Å²) in [6.45, 7) is 4.03. The van der Waals surface area contributed by atoms with E-state index in [1.54, 1.807) is 87.2 Å². The lowest BCUT2D eigenvalue weighted by molar-refractivity contribution is -0.140. The van der Waals surface area contributed by atoms with Gasteiger partial charge < -0.3 is 68.1 Å². The number of urea groups is 1. The summed E-state index contributed by atoms with van der Waals surface area (Å²) in [6, 6.07) is 20.7. The third kappa shape index (κ3) is 25.4. The number of nitrogens with one attached hydrogen (secondary N) is 8. The quantitative estimate of drug-likeness (QED) is 0.0117. The first-order valence-corrected chi connectivity index (χ1v) is 29.2. The van der Waals surface area contributed by atoms with E-state index in [0.717, 1.165) is 0 Å². The number of benzene rings is 3. The highest BCUT2D eigenvalue weighted by Gasteiger charge is 2.29. The van der Waals surface area contributed by atoms with E-state index in [2.05, 4.69) is 47.5 Å². The Morgan fingerprint density at radius 3 is 1.70 bits per heavy atom. The van der Waals surface area contributed by atoms with Crippen LogP contribution in [-0.2, 0) is 40.1 Å². The fourth-order valence-electron chi connectivity index (χ4n) is 9.37. The van der Waals surface area contributed by atoms with E-state index >= 15 is 0 Å². The molecule has 1 aliphatic rings. The van der Waals surface area contributed by atoms with Crippen molar-refractivity contribution in [2.24, 2.45) is 10.7 Å². The van der Waals surface area contributed by atoms with E-state index in [1.807, 2.05) is 6.07 Å². The van der Waals surface area contributed by atoms with Gasteiger partial charge in [-0.05, 0) is 66.6 Å². The number of aromatic hydroxyl groups is 1. The van der Waals surface area contributed by atoms with E-state index in [4.69, 9.17) is 10.5 Å². The Morgan fingerprint density at radius 2 is 1.12 bits per heavy atom. The number of guanidine groups is 1. The zero-order chi connectivity index (χ0) is 63.8. The van der Waals surface area contributed by atoms with Crippen LogP contribution in [0.4, 0.5) is 16.2 Å². The fourth-order valence-corrected chi connectivity index (χ4v) is 9.37. The smallest absolute Gasteiger partial charge is 0.321 e. The molecule has 29 nitrogen and oxygen atoms in total. The van der Waals surface area contributed by atoms with Crippen LogP contribution < -0.4 is 63.9 Å². The molecule has 0 radical (unpaired) electrons. The summed E-state index contributed by atoms with van der Waals surface area (Å²) < 4.78 is 6.13. The zero-order valence-electron chi connectivity index (χ0n) is 49.4. The number of nitrogens with zero attached hydrogens (tertiary/aromatic N) is 5. The third-order valence-electron chi connectivity index (χ3n) is 14.0. The molecule has 1 aliphatic heterocycles. The molecule has 1 heterocycles. The molecule has 1 fully saturated rings. The zero-order valence-corrected chi connectivity index (χ0v) is 49.4. The molecule has 14 N–H and O–H groups in total. The van der Waals surface area contributed by atoms with Crippen molar-refractivity contribution >= 4 is 64.9 Å². The SMILES string of the molecule is CCC(=O)NCCNC(=O)NC(N)=NCCCC(NC(=O)C(c1ccccc1)c1cccc(OCCCCNc2c(NCCNC(=O)CN3CCN(CC(=O)O)CCN(CC(=O)O)CCN(CC(=O)O)CC3)c(=O)c2=O)c1)C(=O)NCc1ccc(O)cc1. The maximum atomic E-state index is 14.5. The fraction of sp³-hybridized carbons (Fsp3) is 0.475. The monoisotopic (exact) mass is 1230 g/mol. The number of carboxylic acid groups (broad SMARTS) is 3. The molecule has 4 aromatic rings. The topological polar surface area (TPSA) is 408 Å². The molecular weight excluding hydrogens is 1140 g/mol. The highest BCUT2D eigenvalue weighted by molar-refractivity contribution is 5.95. The second-order valence-corrected chi connectivity index (χ2v) is 20.8. The number of ether oxygens (including phenoxy) is 1. The highest BCUT2D eigenvalue weighted by Crippen LogP contribution is 2.28. The van der Waals surface area contributed by atoms with E-state index in [1.165, 1.54) is 12.1 Å². The Bertz CT molecular complexity index is 3000. The maximum absolute atomic E-state index is 14.5. The number of aliphatic imine (C=N–C) groups is 1. The molecule has 29 heteroatoms. The maximum Gasteiger partial charge on any atom is 0.321 e. The van der Waals surface area contributed by atoms with Gasteiger partial charge in [0.25, 0.3) is 10.9 Å². The van der Waals surface area contributed by atoms with Crippen LogP contribution in [0.25, 0.3) is 0 Å². The molecule has 0 aromatic heterocycles. The molecule has 88 heavy (non-hydrogen) atoms. The van der Waals surface area contributed by atoms with E-state index in [9.17, 15) is 68.4 Å². The van der Waals surface area contributed by atoms with Gasteiger partial charge in [0, 0.05) is 105 Å². The summed E-state index contributed by atoms with van der Waals surface area (Å²) in [5.74, 6) is -5.19. The number of amides is 6. The minimum atomic E-state index is -1.07. The summed E-state index contributed by atoms with van der Waals surface area (Å²) in [6.07, 6.45) is 1.79. The summed E-state index contributed by atoms with van der Waals surface area (Å²) in [5.41, 5.74) is 6.70. The van der Waals surface area contributed by atoms with Gasteiger partial charge in [-0.3, -0.25) is 73.1 Å². The van der Waals surface area contributed by atoms with E-state index in [-0.39, 0.29) is 172 Å². The van der Waals surface area contributed by atoms with Crippen molar-refractivity contribution in [1.82, 2.24) is 51.5 Å². The number of nitrogens with two attached hydrogens (primary N) is 1. The Kier molecular flexibility index (Phi) is 29.6. The number of carbonyl (C=O) groups is 8. The average Bonchev–Trinajstić information content (AvgIpc) is 2.12. The predicted octanol–water partition coefficient (Wildman–Crippen LogP) is -0.884. The van der Waals surface area contributed by atoms with Crippen LogP contribution in [0.5, 0.6) is 11.5 Å². The minimum Gasteiger partial charge on any atom is -0.508 e. The molecule has 2 unspecified atom stereocenters. The average molecular weight is 1230 g/mol. The Balaban J connectivity index is 1.11. The molecule has 2 atom stereocenters. The normalized spacial score (nSPS) is 14.6. The standard InChI is InChI=1S/C59H82N14O15/c1-2-46(75)61-22-24-66-59(87)69-58(60)65-20-9-14-45(56(85)67-35-40-15-17-43(74)18-16-40)68-57(86)51(41-10-4-3-5-11-41)42-12-8-13-44(34-42)88-33-7-6-19-63-52-53(55(84)54(52)83)64-23-21-62-47(76)36-70-25-27-71(37-48(77)78)29-31-73(39-50(81)82)32-30-72(28-26-70)38-49(79)80/h3-5,8,10-13,15-18,34,45,51,63-64,74H,2,6-7,9,14,19-33,35-39H2,1H3,(H,61,75)(H,62,76)(H,67,85)(H,68,86)(H,77,78)(H,79,80)(H,81,82)(H4,60,65,66,69,87). The van der Waals surface area contributed by atoms with Crippen LogP contribution in [0.3, 0.4) is 0 Å². The second kappa shape index (κ2) is 37.4. The Morgan fingerprint density at radius 1 is 0.591 bits per heavy atom. The number of carbonyl (C=O) groups excluding carboxylic acids is 5. The summed E-state index contributed by atoms with van der Waals surface area (Å²) in [5, 5.41) is 60.4. The first-order valence-electron chi connectivity index (χ1n) is 29.2. The van der Waals surface area contributed by atoms with Crippen molar-refractivity contribution < 1.29 is 63.5 Å². The van der Waals surface area contributed by atoms with Gasteiger partial charge in [-0.2, -0.15) is 0 Å². The lowest BCUT2D eigenvalue weighted by Gasteiger charge is -2.32. The first-order chi connectivity index (χ1) is 42.3. The van der Waals surface area contributed by atoms with Crippen LogP contribution in [0.2, 0.25) is 0 Å². The third-order valence-corrected chi connectivity index (χ3v) is 14.0. The number of carboxylic acids is 3. The molecule has 0 saturated carbocycles.